The van der Waals surface area contributed by atoms with E-state index in [2.05, 4.69) is 0 Å². The molecule has 0 bridgehead atoms. The minimum atomic E-state index is -3.90. The first kappa shape index (κ1) is 20.8. The molecule has 2 rings (SSSR count). The number of hydrogen-bond donors (Lipinski definition) is 0. The Hall–Kier alpha value is -2.54. The Morgan fingerprint density at radius 3 is 2.04 bits per heavy atom. The highest BCUT2D eigenvalue weighted by Gasteiger charge is 2.28. The smallest absolute Gasteiger partial charge is 0.264 e. The van der Waals surface area contributed by atoms with Gasteiger partial charge in [0.05, 0.1) is 17.2 Å². The van der Waals surface area contributed by atoms with Crippen LogP contribution in [-0.2, 0) is 14.8 Å². The van der Waals surface area contributed by atoms with Crippen LogP contribution in [0.2, 0.25) is 0 Å². The lowest BCUT2D eigenvalue weighted by atomic mass is 10.3. The third kappa shape index (κ3) is 5.01. The molecule has 27 heavy (non-hydrogen) atoms. The molecule has 0 radical (unpaired) electrons. The van der Waals surface area contributed by atoms with Crippen molar-refractivity contribution < 1.29 is 17.9 Å². The second-order valence-electron chi connectivity index (χ2n) is 5.82. The number of nitrogens with zero attached hydrogens (tertiary/aromatic N) is 2. The predicted molar refractivity (Wildman–Crippen MR) is 107 cm³/mol. The zero-order chi connectivity index (χ0) is 19.9. The predicted octanol–water partition coefficient (Wildman–Crippen LogP) is 3.15. The number of hydrogen-bond acceptors (Lipinski definition) is 4. The molecule has 0 aliphatic carbocycles. The van der Waals surface area contributed by atoms with E-state index in [4.69, 9.17) is 4.74 Å². The molecule has 0 aromatic heterocycles. The summed E-state index contributed by atoms with van der Waals surface area (Å²) < 4.78 is 33.0. The fourth-order valence-corrected chi connectivity index (χ4v) is 4.12. The fraction of sp³-hybridized carbons (Fsp3) is 0.350. The molecule has 0 saturated carbocycles. The lowest BCUT2D eigenvalue weighted by molar-refractivity contribution is -0.129. The van der Waals surface area contributed by atoms with E-state index in [-0.39, 0.29) is 17.3 Å². The Balaban J connectivity index is 2.41. The van der Waals surface area contributed by atoms with Crippen LogP contribution in [0.5, 0.6) is 5.75 Å². The van der Waals surface area contributed by atoms with Gasteiger partial charge in [0.15, 0.2) is 0 Å². The Labute approximate surface area is 161 Å². The minimum absolute atomic E-state index is 0.113. The van der Waals surface area contributed by atoms with E-state index in [1.807, 2.05) is 20.8 Å². The topological polar surface area (TPSA) is 66.9 Å². The van der Waals surface area contributed by atoms with E-state index in [1.54, 1.807) is 47.4 Å². The van der Waals surface area contributed by atoms with Crippen molar-refractivity contribution in [1.82, 2.24) is 4.90 Å². The maximum absolute atomic E-state index is 13.3. The Bertz CT molecular complexity index is 832. The van der Waals surface area contributed by atoms with Crippen LogP contribution in [-0.4, -0.2) is 45.5 Å². The number of ether oxygens (including phenoxy) is 1. The third-order valence-electron chi connectivity index (χ3n) is 4.16. The number of rotatable bonds is 9. The van der Waals surface area contributed by atoms with E-state index < -0.39 is 10.0 Å². The average Bonchev–Trinajstić information content (AvgIpc) is 2.68. The molecule has 0 spiro atoms. The molecule has 2 aromatic carbocycles. The van der Waals surface area contributed by atoms with Crippen LogP contribution in [0.25, 0.3) is 0 Å². The van der Waals surface area contributed by atoms with Gasteiger partial charge in [0, 0.05) is 13.1 Å². The first-order valence-corrected chi connectivity index (χ1v) is 10.5. The summed E-state index contributed by atoms with van der Waals surface area (Å²) >= 11 is 0. The van der Waals surface area contributed by atoms with Crippen molar-refractivity contribution in [3.8, 4) is 5.75 Å². The summed E-state index contributed by atoms with van der Waals surface area (Å²) in [5.41, 5.74) is 0.451. The number of benzene rings is 2. The van der Waals surface area contributed by atoms with Crippen molar-refractivity contribution in [3.63, 3.8) is 0 Å². The second-order valence-corrected chi connectivity index (χ2v) is 7.68. The summed E-state index contributed by atoms with van der Waals surface area (Å²) in [4.78, 5) is 14.3. The van der Waals surface area contributed by atoms with Crippen LogP contribution in [0.3, 0.4) is 0 Å². The highest BCUT2D eigenvalue weighted by atomic mass is 32.2. The standard InChI is InChI=1S/C20H26N2O4S/c1-4-21(5-2)20(23)16-22(17-10-8-7-9-11-17)27(24,25)19-14-12-18(13-15-19)26-6-3/h7-15H,4-6,16H2,1-3H3. The quantitative estimate of drug-likeness (QED) is 0.660. The fourth-order valence-electron chi connectivity index (χ4n) is 2.71. The maximum Gasteiger partial charge on any atom is 0.264 e. The summed E-state index contributed by atoms with van der Waals surface area (Å²) in [6, 6.07) is 14.9. The van der Waals surface area contributed by atoms with E-state index in [1.165, 1.54) is 12.1 Å². The number of carbonyl (C=O) groups excluding carboxylic acids is 1. The van der Waals surface area contributed by atoms with Crippen LogP contribution < -0.4 is 9.04 Å². The first-order chi connectivity index (χ1) is 12.9. The summed E-state index contributed by atoms with van der Waals surface area (Å²) in [5.74, 6) is 0.361. The van der Waals surface area contributed by atoms with Crippen molar-refractivity contribution >= 4 is 21.6 Å². The number of amides is 1. The van der Waals surface area contributed by atoms with Crippen LogP contribution >= 0.6 is 0 Å². The molecule has 0 unspecified atom stereocenters. The van der Waals surface area contributed by atoms with E-state index in [9.17, 15) is 13.2 Å². The molecule has 0 saturated heterocycles. The molecule has 0 N–H and O–H groups in total. The summed E-state index contributed by atoms with van der Waals surface area (Å²) in [7, 11) is -3.90. The molecule has 6 nitrogen and oxygen atoms in total. The molecule has 2 aromatic rings. The molecule has 0 aliphatic heterocycles. The molecular weight excluding hydrogens is 364 g/mol. The summed E-state index contributed by atoms with van der Waals surface area (Å²) in [5, 5.41) is 0. The molecule has 7 heteroatoms. The van der Waals surface area contributed by atoms with Crippen molar-refractivity contribution in [2.75, 3.05) is 30.5 Å². The van der Waals surface area contributed by atoms with E-state index >= 15 is 0 Å². The van der Waals surface area contributed by atoms with E-state index in [0.717, 1.165) is 4.31 Å². The van der Waals surface area contributed by atoms with Crippen molar-refractivity contribution in [2.24, 2.45) is 0 Å². The Morgan fingerprint density at radius 2 is 1.52 bits per heavy atom. The molecule has 0 heterocycles. The van der Waals surface area contributed by atoms with Gasteiger partial charge in [0.2, 0.25) is 5.91 Å². The van der Waals surface area contributed by atoms with Gasteiger partial charge in [-0.2, -0.15) is 0 Å². The van der Waals surface area contributed by atoms with E-state index in [0.29, 0.717) is 31.1 Å². The van der Waals surface area contributed by atoms with Gasteiger partial charge < -0.3 is 9.64 Å². The number of likely N-dealkylation sites (N-methyl/N-ethyl adjacent to an activating group) is 1. The number of carbonyl (C=O) groups is 1. The van der Waals surface area contributed by atoms with Gasteiger partial charge in [-0.3, -0.25) is 9.10 Å². The normalized spacial score (nSPS) is 11.1. The molecule has 0 atom stereocenters. The average molecular weight is 391 g/mol. The number of para-hydroxylation sites is 1. The van der Waals surface area contributed by atoms with Crippen molar-refractivity contribution in [3.05, 3.63) is 54.6 Å². The monoisotopic (exact) mass is 390 g/mol. The van der Waals surface area contributed by atoms with Crippen molar-refractivity contribution in [1.29, 1.82) is 0 Å². The van der Waals surface area contributed by atoms with Gasteiger partial charge in [0.1, 0.15) is 12.3 Å². The van der Waals surface area contributed by atoms with Crippen molar-refractivity contribution in [2.45, 2.75) is 25.7 Å². The minimum Gasteiger partial charge on any atom is -0.494 e. The highest BCUT2D eigenvalue weighted by Crippen LogP contribution is 2.25. The first-order valence-electron chi connectivity index (χ1n) is 9.02. The van der Waals surface area contributed by atoms with Crippen LogP contribution in [0.15, 0.2) is 59.5 Å². The second kappa shape index (κ2) is 9.41. The Morgan fingerprint density at radius 1 is 0.926 bits per heavy atom. The van der Waals surface area contributed by atoms with Gasteiger partial charge in [-0.05, 0) is 57.2 Å². The van der Waals surface area contributed by atoms with Gasteiger partial charge in [-0.1, -0.05) is 18.2 Å². The largest absolute Gasteiger partial charge is 0.494 e. The number of sulfonamides is 1. The van der Waals surface area contributed by atoms with Crippen LogP contribution in [0, 0.1) is 0 Å². The molecular formula is C20H26N2O4S. The lowest BCUT2D eigenvalue weighted by Gasteiger charge is -2.27. The summed E-state index contributed by atoms with van der Waals surface area (Å²) in [6.45, 7) is 6.91. The highest BCUT2D eigenvalue weighted by molar-refractivity contribution is 7.92. The zero-order valence-corrected chi connectivity index (χ0v) is 16.8. The SMILES string of the molecule is CCOc1ccc(S(=O)(=O)N(CC(=O)N(CC)CC)c2ccccc2)cc1. The summed E-state index contributed by atoms with van der Waals surface area (Å²) in [6.07, 6.45) is 0. The molecule has 1 amide bonds. The number of anilines is 1. The van der Waals surface area contributed by atoms with Gasteiger partial charge in [0.25, 0.3) is 10.0 Å². The zero-order valence-electron chi connectivity index (χ0n) is 16.0. The van der Waals surface area contributed by atoms with Gasteiger partial charge in [-0.25, -0.2) is 8.42 Å². The molecule has 0 fully saturated rings. The van der Waals surface area contributed by atoms with Crippen LogP contribution in [0.4, 0.5) is 5.69 Å². The van der Waals surface area contributed by atoms with Gasteiger partial charge in [-0.15, -0.1) is 0 Å². The molecule has 146 valence electrons. The lowest BCUT2D eigenvalue weighted by Crippen LogP contribution is -2.43. The van der Waals surface area contributed by atoms with Crippen LogP contribution in [0.1, 0.15) is 20.8 Å². The third-order valence-corrected chi connectivity index (χ3v) is 5.95. The maximum atomic E-state index is 13.3. The van der Waals surface area contributed by atoms with Gasteiger partial charge >= 0.3 is 0 Å². The molecule has 0 aliphatic rings. The Kier molecular flexibility index (Phi) is 7.24.